The second-order valence-corrected chi connectivity index (χ2v) is 8.53. The van der Waals surface area contributed by atoms with E-state index in [1.54, 1.807) is 18.9 Å². The maximum atomic E-state index is 13.6. The summed E-state index contributed by atoms with van der Waals surface area (Å²) in [5.41, 5.74) is 3.92. The topological polar surface area (TPSA) is 56.9 Å². The van der Waals surface area contributed by atoms with Gasteiger partial charge in [0, 0.05) is 26.7 Å². The highest BCUT2D eigenvalue weighted by atomic mass is 19.4. The largest absolute Gasteiger partial charge is 0.416 e. The molecule has 3 rings (SSSR count). The Morgan fingerprint density at radius 1 is 0.919 bits per heavy atom. The highest BCUT2D eigenvalue weighted by Crippen LogP contribution is 2.45. The van der Waals surface area contributed by atoms with Crippen LogP contribution in [0.2, 0.25) is 0 Å². The van der Waals surface area contributed by atoms with Crippen molar-refractivity contribution in [1.82, 2.24) is 5.43 Å². The molecule has 0 saturated heterocycles. The Hall–Kier alpha value is -3.32. The average Bonchev–Trinajstić information content (AvgIpc) is 2.78. The van der Waals surface area contributed by atoms with Gasteiger partial charge in [-0.05, 0) is 48.4 Å². The molecule has 0 aromatic heterocycles. The molecule has 0 radical (unpaired) electrons. The lowest BCUT2D eigenvalue weighted by atomic mass is 9.94. The molecule has 3 N–H and O–H groups in total. The Morgan fingerprint density at radius 3 is 1.92 bits per heavy atom. The number of hydrogen-bond donors (Lipinski definition) is 2. The van der Waals surface area contributed by atoms with Crippen molar-refractivity contribution in [2.45, 2.75) is 44.0 Å². The minimum Gasteiger partial charge on any atom is -0.384 e. The summed E-state index contributed by atoms with van der Waals surface area (Å²) < 4.78 is 122. The maximum Gasteiger partial charge on any atom is 0.416 e. The van der Waals surface area contributed by atoms with Gasteiger partial charge in [-0.15, -0.1) is 0 Å². The quantitative estimate of drug-likeness (QED) is 0.211. The first kappa shape index (κ1) is 28.3. The zero-order valence-electron chi connectivity index (χ0n) is 19.9. The van der Waals surface area contributed by atoms with Gasteiger partial charge in [0.15, 0.2) is 0 Å². The van der Waals surface area contributed by atoms with Crippen LogP contribution in [0.25, 0.3) is 0 Å². The molecule has 2 aromatic carbocycles. The van der Waals surface area contributed by atoms with Crippen LogP contribution < -0.4 is 21.0 Å². The number of fused-ring (bicyclic) bond motifs is 1. The number of likely N-dealkylation sites (N-methyl/N-ethyl adjacent to an activating group) is 1. The van der Waals surface area contributed by atoms with E-state index in [0.29, 0.717) is 24.2 Å². The van der Waals surface area contributed by atoms with E-state index in [2.05, 4.69) is 10.5 Å². The lowest BCUT2D eigenvalue weighted by Gasteiger charge is -2.46. The summed E-state index contributed by atoms with van der Waals surface area (Å²) in [5.74, 6) is -0.433. The number of nitrogens with two attached hydrogens (primary N) is 1. The van der Waals surface area contributed by atoms with E-state index < -0.39 is 52.7 Å². The third-order valence-corrected chi connectivity index (χ3v) is 6.18. The van der Waals surface area contributed by atoms with E-state index in [4.69, 9.17) is 5.73 Å². The van der Waals surface area contributed by atoms with Crippen molar-refractivity contribution in [3.8, 4) is 0 Å². The third-order valence-electron chi connectivity index (χ3n) is 6.18. The van der Waals surface area contributed by atoms with E-state index >= 15 is 0 Å². The summed E-state index contributed by atoms with van der Waals surface area (Å²) >= 11 is 0. The van der Waals surface area contributed by atoms with Crippen LogP contribution in [-0.2, 0) is 18.5 Å². The first-order valence-corrected chi connectivity index (χ1v) is 11.0. The van der Waals surface area contributed by atoms with Crippen molar-refractivity contribution in [3.05, 3.63) is 58.7 Å². The van der Waals surface area contributed by atoms with Crippen molar-refractivity contribution in [3.63, 3.8) is 0 Å². The molecule has 0 saturated carbocycles. The van der Waals surface area contributed by atoms with Gasteiger partial charge in [-0.1, -0.05) is 6.92 Å². The molecule has 1 heterocycles. The van der Waals surface area contributed by atoms with Gasteiger partial charge >= 0.3 is 18.5 Å². The predicted molar refractivity (Wildman–Crippen MR) is 121 cm³/mol. The van der Waals surface area contributed by atoms with Crippen molar-refractivity contribution >= 4 is 17.2 Å². The van der Waals surface area contributed by atoms with Crippen molar-refractivity contribution < 1.29 is 39.5 Å². The smallest absolute Gasteiger partial charge is 0.384 e. The molecule has 1 aliphatic heterocycles. The Kier molecular flexibility index (Phi) is 7.53. The summed E-state index contributed by atoms with van der Waals surface area (Å²) in [6.45, 7) is 1.74. The van der Waals surface area contributed by atoms with Gasteiger partial charge in [0.05, 0.1) is 28.1 Å². The van der Waals surface area contributed by atoms with Gasteiger partial charge in [-0.2, -0.15) is 44.6 Å². The van der Waals surface area contributed by atoms with Gasteiger partial charge in [-0.3, -0.25) is 0 Å². The Morgan fingerprint density at radius 2 is 1.46 bits per heavy atom. The number of alkyl halides is 9. The lowest BCUT2D eigenvalue weighted by Crippen LogP contribution is -2.51. The van der Waals surface area contributed by atoms with Crippen LogP contribution in [-0.4, -0.2) is 32.5 Å². The highest BCUT2D eigenvalue weighted by molar-refractivity contribution is 5.92. The molecule has 2 aromatic rings. The van der Waals surface area contributed by atoms with Crippen LogP contribution in [0, 0.1) is 0 Å². The molecule has 0 fully saturated rings. The molecule has 1 aliphatic rings. The third kappa shape index (κ3) is 5.82. The number of benzene rings is 2. The normalized spacial score (nSPS) is 18.1. The van der Waals surface area contributed by atoms with Crippen LogP contribution in [0.3, 0.4) is 0 Å². The maximum absolute atomic E-state index is 13.6. The molecule has 0 bridgehead atoms. The number of hydrazone groups is 1. The van der Waals surface area contributed by atoms with Gasteiger partial charge < -0.3 is 21.0 Å². The number of nitrogens with zero attached hydrogens (tertiary/aromatic N) is 3. The van der Waals surface area contributed by atoms with E-state index in [1.807, 2.05) is 0 Å². The first-order valence-electron chi connectivity index (χ1n) is 11.0. The lowest BCUT2D eigenvalue weighted by molar-refractivity contribution is -0.143. The van der Waals surface area contributed by atoms with Crippen LogP contribution in [0.1, 0.15) is 41.6 Å². The molecule has 204 valence electrons. The monoisotopic (exact) mass is 541 g/mol. The Labute approximate surface area is 206 Å². The van der Waals surface area contributed by atoms with E-state index in [9.17, 15) is 39.5 Å². The van der Waals surface area contributed by atoms with Crippen molar-refractivity contribution in [2.75, 3.05) is 30.4 Å². The number of halogens is 9. The van der Waals surface area contributed by atoms with Crippen LogP contribution in [0.4, 0.5) is 50.9 Å². The zero-order chi connectivity index (χ0) is 27.9. The Balaban J connectivity index is 2.35. The standard InChI is InChI=1S/C23H24F9N5/c1-4-16-11-37(18-10-13(21(24,25)26)5-6-17(18)36(16)3)19(20(33)35-34-2)12-7-14(22(27,28)29)9-15(8-12)23(30,31)32/h5-10,16,19,34H,4,11H2,1-3H3,(H2,33,35). The van der Waals surface area contributed by atoms with Gasteiger partial charge in [0.25, 0.3) is 0 Å². The van der Waals surface area contributed by atoms with Crippen LogP contribution in [0.15, 0.2) is 41.5 Å². The van der Waals surface area contributed by atoms with E-state index in [0.717, 1.165) is 12.1 Å². The Bertz CT molecular complexity index is 1120. The summed E-state index contributed by atoms with van der Waals surface area (Å²) in [4.78, 5) is 2.98. The fourth-order valence-electron chi connectivity index (χ4n) is 4.36. The number of hydrogen-bond acceptors (Lipinski definition) is 4. The molecule has 2 atom stereocenters. The number of rotatable bonds is 5. The fourth-order valence-corrected chi connectivity index (χ4v) is 4.36. The van der Waals surface area contributed by atoms with E-state index in [1.165, 1.54) is 18.0 Å². The molecule has 37 heavy (non-hydrogen) atoms. The average molecular weight is 541 g/mol. The number of nitrogens with one attached hydrogen (secondary N) is 1. The molecular formula is C23H24F9N5. The van der Waals surface area contributed by atoms with Crippen LogP contribution >= 0.6 is 0 Å². The summed E-state index contributed by atoms with van der Waals surface area (Å²) in [6, 6.07) is 1.95. The molecule has 5 nitrogen and oxygen atoms in total. The first-order chi connectivity index (χ1) is 17.0. The minimum atomic E-state index is -5.13. The molecule has 0 amide bonds. The summed E-state index contributed by atoms with van der Waals surface area (Å²) in [5, 5.41) is 3.78. The van der Waals surface area contributed by atoms with Gasteiger partial charge in [0.2, 0.25) is 0 Å². The van der Waals surface area contributed by atoms with Crippen LogP contribution in [0.5, 0.6) is 0 Å². The van der Waals surface area contributed by atoms with Crippen molar-refractivity contribution in [1.29, 1.82) is 0 Å². The zero-order valence-corrected chi connectivity index (χ0v) is 19.9. The SMILES string of the molecule is CCC1CN(C(/C(N)=N/NC)c2cc(C(F)(F)F)cc(C(F)(F)F)c2)c2cc(C(F)(F)F)ccc2N1C. The summed E-state index contributed by atoms with van der Waals surface area (Å²) in [6.07, 6.45) is -14.5. The molecule has 0 aliphatic carbocycles. The predicted octanol–water partition coefficient (Wildman–Crippen LogP) is 6.01. The molecule has 0 spiro atoms. The van der Waals surface area contributed by atoms with Crippen molar-refractivity contribution in [2.24, 2.45) is 10.8 Å². The van der Waals surface area contributed by atoms with Gasteiger partial charge in [0.1, 0.15) is 11.9 Å². The van der Waals surface area contributed by atoms with Gasteiger partial charge in [-0.25, -0.2) is 0 Å². The van der Waals surface area contributed by atoms with E-state index in [-0.39, 0.29) is 24.3 Å². The molecule has 14 heteroatoms. The second kappa shape index (κ2) is 9.86. The fraction of sp³-hybridized carbons (Fsp3) is 0.435. The summed E-state index contributed by atoms with van der Waals surface area (Å²) in [7, 11) is 2.95. The number of amidine groups is 1. The second-order valence-electron chi connectivity index (χ2n) is 8.53. The minimum absolute atomic E-state index is 0.0273. The molecular weight excluding hydrogens is 517 g/mol. The molecule has 2 unspecified atom stereocenters. The highest BCUT2D eigenvalue weighted by Gasteiger charge is 2.41. The number of anilines is 2.